The van der Waals surface area contributed by atoms with Gasteiger partial charge in [-0.3, -0.25) is 9.59 Å². The van der Waals surface area contributed by atoms with Crippen LogP contribution in [0.2, 0.25) is 0 Å². The van der Waals surface area contributed by atoms with Gasteiger partial charge in [-0.25, -0.2) is 0 Å². The molecule has 194 valence electrons. The summed E-state index contributed by atoms with van der Waals surface area (Å²) in [6, 6.07) is 27.0. The van der Waals surface area contributed by atoms with E-state index < -0.39 is 5.41 Å². The number of hydrogen-bond donors (Lipinski definition) is 1. The average molecular weight is 518 g/mol. The first-order chi connectivity index (χ1) is 17.6. The van der Waals surface area contributed by atoms with Crippen LogP contribution in [0.15, 0.2) is 78.9 Å². The summed E-state index contributed by atoms with van der Waals surface area (Å²) in [6.45, 7) is 4.78. The molecule has 0 atom stereocenters. The molecule has 1 aliphatic carbocycles. The van der Waals surface area contributed by atoms with Gasteiger partial charge in [0.2, 0.25) is 0 Å². The lowest BCUT2D eigenvalue weighted by molar-refractivity contribution is -0.905. The number of carbonyl (C=O) groups is 2. The van der Waals surface area contributed by atoms with Gasteiger partial charge in [0, 0.05) is 12.8 Å². The third-order valence-corrected chi connectivity index (χ3v) is 8.25. The van der Waals surface area contributed by atoms with Crippen molar-refractivity contribution in [1.29, 1.82) is 0 Å². The van der Waals surface area contributed by atoms with Crippen molar-refractivity contribution in [3.8, 4) is 0 Å². The Labute approximate surface area is 226 Å². The molecule has 37 heavy (non-hydrogen) atoms. The molecule has 0 radical (unpaired) electrons. The molecule has 0 unspecified atom stereocenters. The molecule has 3 aromatic carbocycles. The highest BCUT2D eigenvalue weighted by molar-refractivity contribution is 5.90. The molecule has 0 aromatic heterocycles. The standard InChI is InChI=1S/C32H35NO3.ClH/c1-2-36-31(35)32(26-12-4-3-5-13-26)19-22-33(23-20-32)21-18-29(34)30-27-14-8-6-10-24(27)16-17-25-11-7-9-15-28(25)30;/h3-15,30H,2,16-23H2,1H3;1H. The number of piperidine rings is 1. The lowest BCUT2D eigenvalue weighted by Crippen LogP contribution is -3.13. The predicted molar refractivity (Wildman–Crippen MR) is 141 cm³/mol. The van der Waals surface area contributed by atoms with Gasteiger partial charge in [0.05, 0.1) is 38.6 Å². The Morgan fingerprint density at radius 3 is 1.95 bits per heavy atom. The van der Waals surface area contributed by atoms with Crippen LogP contribution in [-0.4, -0.2) is 38.0 Å². The fourth-order valence-electron chi connectivity index (χ4n) is 6.23. The zero-order chi connectivity index (χ0) is 25.0. The van der Waals surface area contributed by atoms with Crippen molar-refractivity contribution in [3.63, 3.8) is 0 Å². The summed E-state index contributed by atoms with van der Waals surface area (Å²) in [5, 5.41) is 0. The summed E-state index contributed by atoms with van der Waals surface area (Å²) in [5.41, 5.74) is 5.39. The Hall–Kier alpha value is -2.95. The molecular weight excluding hydrogens is 482 g/mol. The van der Waals surface area contributed by atoms with E-state index in [1.165, 1.54) is 27.2 Å². The highest BCUT2D eigenvalue weighted by atomic mass is 35.5. The quantitative estimate of drug-likeness (QED) is 0.477. The van der Waals surface area contributed by atoms with E-state index in [4.69, 9.17) is 4.74 Å². The van der Waals surface area contributed by atoms with Gasteiger partial charge >= 0.3 is 5.97 Å². The second kappa shape index (κ2) is 12.1. The lowest BCUT2D eigenvalue weighted by Gasteiger charge is -2.38. The summed E-state index contributed by atoms with van der Waals surface area (Å²) < 4.78 is 5.53. The van der Waals surface area contributed by atoms with E-state index in [2.05, 4.69) is 48.5 Å². The van der Waals surface area contributed by atoms with Gasteiger partial charge in [0.25, 0.3) is 0 Å². The van der Waals surface area contributed by atoms with E-state index in [1.54, 1.807) is 0 Å². The van der Waals surface area contributed by atoms with E-state index in [9.17, 15) is 9.59 Å². The van der Waals surface area contributed by atoms with Crippen LogP contribution in [0, 0.1) is 0 Å². The van der Waals surface area contributed by atoms with Crippen LogP contribution in [0.5, 0.6) is 0 Å². The Bertz CT molecular complexity index is 1170. The second-order valence-corrected chi connectivity index (χ2v) is 10.2. The molecule has 0 bridgehead atoms. The van der Waals surface area contributed by atoms with Crippen molar-refractivity contribution in [2.45, 2.75) is 50.4 Å². The number of esters is 1. The number of Topliss-reactive ketones (excluding diaryl/α,β-unsaturated/α-hetero) is 1. The number of rotatable bonds is 7. The molecule has 2 aliphatic rings. The molecule has 1 fully saturated rings. The zero-order valence-electron chi connectivity index (χ0n) is 21.5. The maximum absolute atomic E-state index is 13.8. The molecule has 5 rings (SSSR count). The fraction of sp³-hybridized carbons (Fsp3) is 0.375. The Morgan fingerprint density at radius 1 is 0.838 bits per heavy atom. The highest BCUT2D eigenvalue weighted by Crippen LogP contribution is 2.36. The molecule has 5 heteroatoms. The molecule has 0 spiro atoms. The molecule has 1 N–H and O–H groups in total. The molecule has 1 aliphatic heterocycles. The summed E-state index contributed by atoms with van der Waals surface area (Å²) in [5.74, 6) is -0.000355. The number of benzene rings is 3. The van der Waals surface area contributed by atoms with Gasteiger partial charge in [0.15, 0.2) is 0 Å². The number of carbonyl (C=O) groups excluding carboxylic acids is 2. The monoisotopic (exact) mass is 517 g/mol. The van der Waals surface area contributed by atoms with Crippen molar-refractivity contribution in [2.75, 3.05) is 26.2 Å². The number of halogens is 1. The lowest BCUT2D eigenvalue weighted by atomic mass is 9.72. The maximum atomic E-state index is 13.8. The van der Waals surface area contributed by atoms with Crippen LogP contribution in [0.4, 0.5) is 0 Å². The highest BCUT2D eigenvalue weighted by Gasteiger charge is 2.46. The van der Waals surface area contributed by atoms with Gasteiger partial charge < -0.3 is 22.0 Å². The minimum absolute atomic E-state index is 0. The molecule has 1 heterocycles. The molecule has 4 nitrogen and oxygen atoms in total. The summed E-state index contributed by atoms with van der Waals surface area (Å²) in [7, 11) is 0. The van der Waals surface area contributed by atoms with Crippen LogP contribution < -0.4 is 17.3 Å². The number of ketones is 1. The van der Waals surface area contributed by atoms with Gasteiger partial charge in [-0.1, -0.05) is 78.9 Å². The average Bonchev–Trinajstić information content (AvgIpc) is 3.10. The molecule has 1 saturated heterocycles. The zero-order valence-corrected chi connectivity index (χ0v) is 22.3. The first kappa shape index (κ1) is 27.1. The van der Waals surface area contributed by atoms with E-state index in [1.807, 2.05) is 37.3 Å². The van der Waals surface area contributed by atoms with Gasteiger partial charge in [-0.15, -0.1) is 0 Å². The predicted octanol–water partition coefficient (Wildman–Crippen LogP) is 1.06. The molecule has 3 aromatic rings. The van der Waals surface area contributed by atoms with Crippen LogP contribution in [0.3, 0.4) is 0 Å². The summed E-state index contributed by atoms with van der Waals surface area (Å²) in [6.07, 6.45) is 3.98. The Kier molecular flexibility index (Phi) is 8.83. The minimum atomic E-state index is -0.579. The van der Waals surface area contributed by atoms with Crippen LogP contribution in [-0.2, 0) is 32.6 Å². The first-order valence-corrected chi connectivity index (χ1v) is 13.4. The largest absolute Gasteiger partial charge is 1.00 e. The first-order valence-electron chi connectivity index (χ1n) is 13.4. The van der Waals surface area contributed by atoms with Crippen molar-refractivity contribution in [3.05, 3.63) is 107 Å². The number of quaternary nitrogens is 1. The fourth-order valence-corrected chi connectivity index (χ4v) is 6.23. The van der Waals surface area contributed by atoms with Crippen LogP contribution >= 0.6 is 0 Å². The van der Waals surface area contributed by atoms with Crippen molar-refractivity contribution >= 4 is 11.8 Å². The number of aryl methyl sites for hydroxylation is 2. The van der Waals surface area contributed by atoms with E-state index in [-0.39, 0.29) is 24.3 Å². The number of fused-ring (bicyclic) bond motifs is 2. The third kappa shape index (κ3) is 5.51. The van der Waals surface area contributed by atoms with Crippen molar-refractivity contribution in [2.24, 2.45) is 0 Å². The van der Waals surface area contributed by atoms with E-state index in [0.29, 0.717) is 18.8 Å². The maximum Gasteiger partial charge on any atom is 0.317 e. The topological polar surface area (TPSA) is 47.8 Å². The van der Waals surface area contributed by atoms with Crippen molar-refractivity contribution < 1.29 is 31.6 Å². The summed E-state index contributed by atoms with van der Waals surface area (Å²) >= 11 is 0. The van der Waals surface area contributed by atoms with Gasteiger partial charge in [-0.05, 0) is 47.6 Å². The second-order valence-electron chi connectivity index (χ2n) is 10.2. The van der Waals surface area contributed by atoms with E-state index in [0.717, 1.165) is 50.9 Å². The number of ether oxygens (including phenoxy) is 1. The van der Waals surface area contributed by atoms with Gasteiger partial charge in [-0.2, -0.15) is 0 Å². The van der Waals surface area contributed by atoms with Crippen LogP contribution in [0.1, 0.15) is 59.9 Å². The van der Waals surface area contributed by atoms with Gasteiger partial charge in [0.1, 0.15) is 11.2 Å². The molecule has 0 amide bonds. The van der Waals surface area contributed by atoms with Crippen molar-refractivity contribution in [1.82, 2.24) is 0 Å². The molecular formula is C32H36ClNO3. The Balaban J connectivity index is 0.00000320. The smallest absolute Gasteiger partial charge is 0.317 e. The SMILES string of the molecule is CCOC(=O)C1(c2ccccc2)CC[NH+](CCC(=O)C2c3ccccc3CCc3ccccc32)CC1.[Cl-]. The third-order valence-electron chi connectivity index (χ3n) is 8.25. The van der Waals surface area contributed by atoms with Crippen LogP contribution in [0.25, 0.3) is 0 Å². The minimum Gasteiger partial charge on any atom is -1.00 e. The molecule has 0 saturated carbocycles. The number of hydrogen-bond acceptors (Lipinski definition) is 3. The Morgan fingerprint density at radius 2 is 1.38 bits per heavy atom. The summed E-state index contributed by atoms with van der Waals surface area (Å²) in [4.78, 5) is 28.3. The van der Waals surface area contributed by atoms with E-state index >= 15 is 0 Å². The normalized spacial score (nSPS) is 21.1. The number of likely N-dealkylation sites (tertiary alicyclic amines) is 1. The number of nitrogens with one attached hydrogen (secondary N) is 1.